The molecule has 7 heteroatoms. The van der Waals surface area contributed by atoms with E-state index in [9.17, 15) is 10.5 Å². The van der Waals surface area contributed by atoms with E-state index in [1.54, 1.807) is 0 Å². The van der Waals surface area contributed by atoms with Crippen molar-refractivity contribution in [1.82, 2.24) is 24.1 Å². The normalized spacial score (nSPS) is 11.7. The third-order valence-electron chi connectivity index (χ3n) is 22.9. The van der Waals surface area contributed by atoms with Gasteiger partial charge < -0.3 is 9.13 Å². The zero-order valence-corrected chi connectivity index (χ0v) is 60.3. The highest BCUT2D eigenvalue weighted by Crippen LogP contribution is 2.48. The van der Waals surface area contributed by atoms with Gasteiger partial charge in [0.05, 0.1) is 45.3 Å². The third-order valence-corrected chi connectivity index (χ3v) is 22.9. The van der Waals surface area contributed by atoms with Crippen LogP contribution in [0.1, 0.15) is 11.1 Å². The number of rotatable bonds is 9. The van der Waals surface area contributed by atoms with Crippen molar-refractivity contribution >= 4 is 130 Å². The summed E-state index contributed by atoms with van der Waals surface area (Å²) in [5.41, 5.74) is 20.1. The lowest BCUT2D eigenvalue weighted by Crippen LogP contribution is -2.00. The van der Waals surface area contributed by atoms with Crippen LogP contribution in [-0.2, 0) is 0 Å². The average Bonchev–Trinajstić information content (AvgIpc) is 1.53. The van der Waals surface area contributed by atoms with Gasteiger partial charge >= 0.3 is 0 Å². The van der Waals surface area contributed by atoms with Crippen molar-refractivity contribution in [2.75, 3.05) is 0 Å². The van der Waals surface area contributed by atoms with Crippen molar-refractivity contribution in [3.05, 3.63) is 381 Å². The quantitative estimate of drug-likeness (QED) is 0.134. The van der Waals surface area contributed by atoms with Gasteiger partial charge in [-0.2, -0.15) is 10.5 Å². The lowest BCUT2D eigenvalue weighted by molar-refractivity contribution is 1.08. The summed E-state index contributed by atoms with van der Waals surface area (Å²) >= 11 is 0. The maximum atomic E-state index is 9.97. The average molecular weight is 1420 g/mol. The van der Waals surface area contributed by atoms with Gasteiger partial charge in [-0.3, -0.25) is 0 Å². The summed E-state index contributed by atoms with van der Waals surface area (Å²) in [5.74, 6) is 1.92. The molecule has 0 N–H and O–H groups in total. The van der Waals surface area contributed by atoms with Gasteiger partial charge in [0.15, 0.2) is 17.5 Å². The predicted octanol–water partition coefficient (Wildman–Crippen LogP) is 27.3. The minimum absolute atomic E-state index is 0.638. The second-order valence-electron chi connectivity index (χ2n) is 29.2. The molecule has 0 spiro atoms. The molecule has 23 rings (SSSR count). The molecule has 0 aliphatic carbocycles. The Labute approximate surface area is 643 Å². The molecular weight excluding hydrogens is 1360 g/mol. The van der Waals surface area contributed by atoms with Crippen LogP contribution in [0.5, 0.6) is 0 Å². The molecule has 3 aromatic heterocycles. The number of hydrogen-bond donors (Lipinski definition) is 0. The highest BCUT2D eigenvalue weighted by molar-refractivity contribution is 6.28. The first-order chi connectivity index (χ1) is 55.4. The fourth-order valence-corrected chi connectivity index (χ4v) is 17.8. The Hall–Kier alpha value is -15.4. The van der Waals surface area contributed by atoms with E-state index in [0.717, 1.165) is 93.8 Å². The van der Waals surface area contributed by atoms with Crippen LogP contribution < -0.4 is 0 Å². The van der Waals surface area contributed by atoms with Gasteiger partial charge in [-0.1, -0.05) is 273 Å². The van der Waals surface area contributed by atoms with E-state index in [2.05, 4.69) is 294 Å². The largest absolute Gasteiger partial charge is 0.309 e. The van der Waals surface area contributed by atoms with E-state index in [-0.39, 0.29) is 0 Å². The maximum absolute atomic E-state index is 9.97. The summed E-state index contributed by atoms with van der Waals surface area (Å²) in [7, 11) is 0. The first-order valence-electron chi connectivity index (χ1n) is 37.8. The lowest BCUT2D eigenvalue weighted by atomic mass is 9.88. The van der Waals surface area contributed by atoms with Crippen LogP contribution in [0.25, 0.3) is 220 Å². The van der Waals surface area contributed by atoms with Gasteiger partial charge in [-0.25, -0.2) is 15.0 Å². The van der Waals surface area contributed by atoms with Crippen LogP contribution in [-0.4, -0.2) is 24.1 Å². The van der Waals surface area contributed by atoms with Crippen molar-refractivity contribution in [1.29, 1.82) is 10.5 Å². The minimum atomic E-state index is 0.638. The Morgan fingerprint density at radius 1 is 0.196 bits per heavy atom. The molecule has 516 valence electrons. The maximum Gasteiger partial charge on any atom is 0.164 e. The van der Waals surface area contributed by atoms with Crippen molar-refractivity contribution in [3.8, 4) is 102 Å². The molecule has 0 aliphatic heterocycles. The Bertz CT molecular complexity index is 7810. The number of hydrogen-bond acceptors (Lipinski definition) is 5. The molecule has 0 atom stereocenters. The van der Waals surface area contributed by atoms with Gasteiger partial charge in [0.1, 0.15) is 0 Å². The molecule has 3 heterocycles. The van der Waals surface area contributed by atoms with Crippen molar-refractivity contribution < 1.29 is 0 Å². The molecule has 0 saturated carbocycles. The number of fused-ring (bicyclic) bond motifs is 10. The molecule has 0 fully saturated rings. The number of benzene rings is 20. The zero-order chi connectivity index (χ0) is 74.1. The molecule has 7 nitrogen and oxygen atoms in total. The zero-order valence-electron chi connectivity index (χ0n) is 60.3. The number of aromatic nitrogens is 5. The summed E-state index contributed by atoms with van der Waals surface area (Å²) in [6.07, 6.45) is 0. The molecule has 23 aromatic rings. The summed E-state index contributed by atoms with van der Waals surface area (Å²) in [6, 6.07) is 136. The summed E-state index contributed by atoms with van der Waals surface area (Å²) in [5, 5.41) is 43.7. The standard InChI is InChI=1S/C60H35N5.C45H26N2/c61-36-37-30-42-28-29-43-32-44(33-55-57(43)56(42)54(31-37)65(55)45-18-8-3-9-19-45)38-24-26-39(27-25-38)50-34-51-48-22-12-13-23-49(48)53(35-52(51)47-21-11-10-20-46(47)50)60-63-58(40-14-4-1-5-15-40)62-59(64-60)41-16-6-2-7-17-41;46-27-28-21-32-17-18-33-24-34(25-43-45(33)44(32)42(22-28)47(43)35-12-2-1-3-13-35)30-10-8-11-31(23-30)40-26-41-36-14-5-4-9-29(36)19-20-39(41)37-15-6-7-16-38(37)40/h1-35H;1-26H. The molecule has 112 heavy (non-hydrogen) atoms. The molecule has 0 bridgehead atoms. The molecule has 0 aliphatic rings. The van der Waals surface area contributed by atoms with Crippen LogP contribution in [0.4, 0.5) is 0 Å². The van der Waals surface area contributed by atoms with Crippen LogP contribution in [0.2, 0.25) is 0 Å². The first-order valence-corrected chi connectivity index (χ1v) is 37.8. The summed E-state index contributed by atoms with van der Waals surface area (Å²) < 4.78 is 4.63. The van der Waals surface area contributed by atoms with E-state index in [0.29, 0.717) is 28.6 Å². The summed E-state index contributed by atoms with van der Waals surface area (Å²) in [4.78, 5) is 15.3. The molecule has 0 amide bonds. The van der Waals surface area contributed by atoms with Crippen LogP contribution in [0, 0.1) is 22.7 Å². The Kier molecular flexibility index (Phi) is 14.6. The third kappa shape index (κ3) is 10.3. The Morgan fingerprint density at radius 2 is 0.545 bits per heavy atom. The fourth-order valence-electron chi connectivity index (χ4n) is 17.8. The smallest absolute Gasteiger partial charge is 0.164 e. The van der Waals surface area contributed by atoms with E-state index in [1.165, 1.54) is 109 Å². The van der Waals surface area contributed by atoms with Gasteiger partial charge in [0.2, 0.25) is 0 Å². The number of nitriles is 2. The fraction of sp³-hybridized carbons (Fsp3) is 0. The molecular formula is C105H61N7. The Morgan fingerprint density at radius 3 is 1.05 bits per heavy atom. The van der Waals surface area contributed by atoms with Crippen LogP contribution in [0.15, 0.2) is 370 Å². The van der Waals surface area contributed by atoms with Gasteiger partial charge in [-0.15, -0.1) is 0 Å². The monoisotopic (exact) mass is 1420 g/mol. The predicted molar refractivity (Wildman–Crippen MR) is 465 cm³/mol. The van der Waals surface area contributed by atoms with Gasteiger partial charge in [0, 0.05) is 49.6 Å². The van der Waals surface area contributed by atoms with Crippen molar-refractivity contribution in [2.24, 2.45) is 0 Å². The van der Waals surface area contributed by atoms with Crippen LogP contribution in [0.3, 0.4) is 0 Å². The second-order valence-corrected chi connectivity index (χ2v) is 29.2. The van der Waals surface area contributed by atoms with E-state index < -0.39 is 0 Å². The highest BCUT2D eigenvalue weighted by atomic mass is 15.0. The summed E-state index contributed by atoms with van der Waals surface area (Å²) in [6.45, 7) is 0. The SMILES string of the molecule is N#Cc1cc2ccc3cc(-c4ccc(-c5cc6c7ccccc7c(-c7nc(-c8ccccc8)nc(-c8ccccc8)n7)cc6c6ccccc56)cc4)cc4c3c2c(c1)n4-c1ccccc1.N#Cc1cc2ccc3cc(-c4cccc(-c5cc6c7ccccc7ccc6c6ccccc56)c4)cc4c3c2c(c1)n4-c1ccccc1. The van der Waals surface area contributed by atoms with Gasteiger partial charge in [0.25, 0.3) is 0 Å². The number of para-hydroxylation sites is 2. The van der Waals surface area contributed by atoms with Gasteiger partial charge in [-0.05, 0) is 228 Å². The Balaban J connectivity index is 0.000000145. The van der Waals surface area contributed by atoms with E-state index in [1.807, 2.05) is 97.1 Å². The number of nitrogens with zero attached hydrogens (tertiary/aromatic N) is 7. The highest BCUT2D eigenvalue weighted by Gasteiger charge is 2.24. The first kappa shape index (κ1) is 63.8. The molecule has 0 unspecified atom stereocenters. The topological polar surface area (TPSA) is 96.1 Å². The van der Waals surface area contributed by atoms with Crippen LogP contribution >= 0.6 is 0 Å². The minimum Gasteiger partial charge on any atom is -0.309 e. The lowest BCUT2D eigenvalue weighted by Gasteiger charge is -2.16. The van der Waals surface area contributed by atoms with E-state index in [4.69, 9.17) is 15.0 Å². The molecule has 0 saturated heterocycles. The van der Waals surface area contributed by atoms with Crippen molar-refractivity contribution in [2.45, 2.75) is 0 Å². The second kappa shape index (κ2) is 25.7. The van der Waals surface area contributed by atoms with Crippen molar-refractivity contribution in [3.63, 3.8) is 0 Å². The molecule has 0 radical (unpaired) electrons. The molecule has 20 aromatic carbocycles. The van der Waals surface area contributed by atoms with E-state index >= 15 is 0 Å².